The zero-order valence-electron chi connectivity index (χ0n) is 10.5. The number of hydrogen-bond donors (Lipinski definition) is 1. The highest BCUT2D eigenvalue weighted by molar-refractivity contribution is 5.89. The molecule has 0 heterocycles. The number of para-hydroxylation sites is 1. The summed E-state index contributed by atoms with van der Waals surface area (Å²) >= 11 is 0. The molecule has 2 aromatic rings. The Morgan fingerprint density at radius 1 is 1.05 bits per heavy atom. The van der Waals surface area contributed by atoms with Gasteiger partial charge in [-0.15, -0.1) is 0 Å². The fourth-order valence-corrected chi connectivity index (χ4v) is 1.62. The average molecular weight is 253 g/mol. The molecule has 2 aromatic carbocycles. The molecule has 0 radical (unpaired) electrons. The Balaban J connectivity index is 1.87. The van der Waals surface area contributed by atoms with Gasteiger partial charge in [0, 0.05) is 5.69 Å². The molecule has 2 rings (SSSR count). The van der Waals surface area contributed by atoms with Crippen molar-refractivity contribution in [2.24, 2.45) is 0 Å². The summed E-state index contributed by atoms with van der Waals surface area (Å²) in [5, 5.41) is 0. The van der Waals surface area contributed by atoms with Crippen molar-refractivity contribution in [3.05, 3.63) is 71.8 Å². The van der Waals surface area contributed by atoms with Crippen LogP contribution < -0.4 is 5.73 Å². The first-order valence-corrected chi connectivity index (χ1v) is 6.00. The third-order valence-corrected chi connectivity index (χ3v) is 2.61. The maximum Gasteiger partial charge on any atom is 0.338 e. The van der Waals surface area contributed by atoms with Crippen LogP contribution in [0.3, 0.4) is 0 Å². The lowest BCUT2D eigenvalue weighted by atomic mass is 10.2. The minimum atomic E-state index is -0.328. The Hall–Kier alpha value is -2.55. The minimum absolute atomic E-state index is 0.224. The predicted octanol–water partition coefficient (Wildman–Crippen LogP) is 3.14. The second-order valence-corrected chi connectivity index (χ2v) is 4.00. The van der Waals surface area contributed by atoms with E-state index in [-0.39, 0.29) is 12.6 Å². The SMILES string of the molecule is Nc1ccccc1/C=C/COC(=O)c1ccccc1. The number of carbonyl (C=O) groups excluding carboxylic acids is 1. The molecular weight excluding hydrogens is 238 g/mol. The van der Waals surface area contributed by atoms with Crippen molar-refractivity contribution in [1.82, 2.24) is 0 Å². The van der Waals surface area contributed by atoms with Gasteiger partial charge in [0.2, 0.25) is 0 Å². The van der Waals surface area contributed by atoms with Gasteiger partial charge < -0.3 is 10.5 Å². The van der Waals surface area contributed by atoms with Crippen LogP contribution in [0.25, 0.3) is 6.08 Å². The molecule has 0 aliphatic rings. The van der Waals surface area contributed by atoms with E-state index in [4.69, 9.17) is 10.5 Å². The molecule has 0 saturated heterocycles. The van der Waals surface area contributed by atoms with Crippen LogP contribution in [0.15, 0.2) is 60.7 Å². The molecule has 0 fully saturated rings. The number of anilines is 1. The number of ether oxygens (including phenoxy) is 1. The van der Waals surface area contributed by atoms with E-state index >= 15 is 0 Å². The van der Waals surface area contributed by atoms with Gasteiger partial charge in [0.25, 0.3) is 0 Å². The van der Waals surface area contributed by atoms with Crippen molar-refractivity contribution in [3.63, 3.8) is 0 Å². The highest BCUT2D eigenvalue weighted by atomic mass is 16.5. The molecule has 0 aliphatic heterocycles. The second kappa shape index (κ2) is 6.40. The van der Waals surface area contributed by atoms with Gasteiger partial charge >= 0.3 is 5.97 Å². The molecule has 3 heteroatoms. The first-order chi connectivity index (χ1) is 9.27. The van der Waals surface area contributed by atoms with E-state index < -0.39 is 0 Å². The summed E-state index contributed by atoms with van der Waals surface area (Å²) in [6, 6.07) is 16.4. The summed E-state index contributed by atoms with van der Waals surface area (Å²) in [5.41, 5.74) is 7.96. The Morgan fingerprint density at radius 2 is 1.74 bits per heavy atom. The summed E-state index contributed by atoms with van der Waals surface area (Å²) in [7, 11) is 0. The number of nitrogens with two attached hydrogens (primary N) is 1. The molecule has 0 bridgehead atoms. The van der Waals surface area contributed by atoms with Gasteiger partial charge in [-0.1, -0.05) is 42.5 Å². The summed E-state index contributed by atoms with van der Waals surface area (Å²) in [5.74, 6) is -0.328. The van der Waals surface area contributed by atoms with Crippen LogP contribution in [0, 0.1) is 0 Å². The highest BCUT2D eigenvalue weighted by Gasteiger charge is 2.03. The third-order valence-electron chi connectivity index (χ3n) is 2.61. The zero-order valence-corrected chi connectivity index (χ0v) is 10.5. The van der Waals surface area contributed by atoms with E-state index in [2.05, 4.69) is 0 Å². The number of carbonyl (C=O) groups is 1. The smallest absolute Gasteiger partial charge is 0.338 e. The quantitative estimate of drug-likeness (QED) is 0.672. The van der Waals surface area contributed by atoms with Crippen LogP contribution in [-0.4, -0.2) is 12.6 Å². The van der Waals surface area contributed by atoms with Crippen molar-refractivity contribution in [1.29, 1.82) is 0 Å². The van der Waals surface area contributed by atoms with Gasteiger partial charge in [0.05, 0.1) is 5.56 Å². The number of benzene rings is 2. The second-order valence-electron chi connectivity index (χ2n) is 4.00. The monoisotopic (exact) mass is 253 g/mol. The lowest BCUT2D eigenvalue weighted by Gasteiger charge is -2.02. The Labute approximate surface area is 112 Å². The topological polar surface area (TPSA) is 52.3 Å². The molecule has 0 spiro atoms. The molecule has 0 aromatic heterocycles. The van der Waals surface area contributed by atoms with Crippen molar-refractivity contribution in [2.75, 3.05) is 12.3 Å². The van der Waals surface area contributed by atoms with Crippen LogP contribution in [0.1, 0.15) is 15.9 Å². The maximum atomic E-state index is 11.6. The highest BCUT2D eigenvalue weighted by Crippen LogP contribution is 2.12. The van der Waals surface area contributed by atoms with Gasteiger partial charge in [-0.3, -0.25) is 0 Å². The predicted molar refractivity (Wildman–Crippen MR) is 76.6 cm³/mol. The maximum absolute atomic E-state index is 11.6. The Kier molecular flexibility index (Phi) is 4.34. The first kappa shape index (κ1) is 12.9. The number of rotatable bonds is 4. The standard InChI is InChI=1S/C16H15NO2/c17-15-11-5-4-7-13(15)10-6-12-19-16(18)14-8-2-1-3-9-14/h1-11H,12,17H2/b10-6+. The molecule has 0 atom stereocenters. The number of esters is 1. The van der Waals surface area contributed by atoms with Gasteiger partial charge in [-0.2, -0.15) is 0 Å². The van der Waals surface area contributed by atoms with Gasteiger partial charge in [0.15, 0.2) is 0 Å². The van der Waals surface area contributed by atoms with Crippen molar-refractivity contribution in [3.8, 4) is 0 Å². The molecule has 96 valence electrons. The van der Waals surface area contributed by atoms with E-state index in [9.17, 15) is 4.79 Å². The molecule has 0 aliphatic carbocycles. The molecular formula is C16H15NO2. The summed E-state index contributed by atoms with van der Waals surface area (Å²) in [6.45, 7) is 0.224. The lowest BCUT2D eigenvalue weighted by Crippen LogP contribution is -2.04. The van der Waals surface area contributed by atoms with Crippen LogP contribution in [0.5, 0.6) is 0 Å². The normalized spacial score (nSPS) is 10.5. The molecule has 0 unspecified atom stereocenters. The Morgan fingerprint density at radius 3 is 2.47 bits per heavy atom. The van der Waals surface area contributed by atoms with Crippen LogP contribution in [0.2, 0.25) is 0 Å². The summed E-state index contributed by atoms with van der Waals surface area (Å²) in [4.78, 5) is 11.6. The zero-order chi connectivity index (χ0) is 13.5. The van der Waals surface area contributed by atoms with Gasteiger partial charge in [-0.25, -0.2) is 4.79 Å². The largest absolute Gasteiger partial charge is 0.458 e. The molecule has 3 nitrogen and oxygen atoms in total. The number of nitrogen functional groups attached to an aromatic ring is 1. The fraction of sp³-hybridized carbons (Fsp3) is 0.0625. The molecule has 0 amide bonds. The summed E-state index contributed by atoms with van der Waals surface area (Å²) in [6.07, 6.45) is 3.61. The van der Waals surface area contributed by atoms with Crippen LogP contribution in [0.4, 0.5) is 5.69 Å². The molecule has 0 saturated carbocycles. The summed E-state index contributed by atoms with van der Waals surface area (Å²) < 4.78 is 5.12. The van der Waals surface area contributed by atoms with Gasteiger partial charge in [-0.05, 0) is 29.8 Å². The van der Waals surface area contributed by atoms with Gasteiger partial charge in [0.1, 0.15) is 6.61 Å². The average Bonchev–Trinajstić information content (AvgIpc) is 2.46. The fourth-order valence-electron chi connectivity index (χ4n) is 1.62. The van der Waals surface area contributed by atoms with E-state index in [0.717, 1.165) is 5.56 Å². The molecule has 19 heavy (non-hydrogen) atoms. The Bertz CT molecular complexity index is 576. The van der Waals surface area contributed by atoms with Crippen molar-refractivity contribution >= 4 is 17.7 Å². The number of hydrogen-bond acceptors (Lipinski definition) is 3. The molecule has 2 N–H and O–H groups in total. The van der Waals surface area contributed by atoms with E-state index in [1.165, 1.54) is 0 Å². The van der Waals surface area contributed by atoms with E-state index in [1.807, 2.05) is 36.4 Å². The lowest BCUT2D eigenvalue weighted by molar-refractivity contribution is 0.0550. The van der Waals surface area contributed by atoms with Crippen LogP contribution in [-0.2, 0) is 4.74 Å². The first-order valence-electron chi connectivity index (χ1n) is 6.00. The van der Waals surface area contributed by atoms with Crippen molar-refractivity contribution < 1.29 is 9.53 Å². The van der Waals surface area contributed by atoms with E-state index in [1.54, 1.807) is 30.3 Å². The third kappa shape index (κ3) is 3.71. The van der Waals surface area contributed by atoms with Crippen molar-refractivity contribution in [2.45, 2.75) is 0 Å². The minimum Gasteiger partial charge on any atom is -0.458 e. The van der Waals surface area contributed by atoms with E-state index in [0.29, 0.717) is 11.3 Å². The van der Waals surface area contributed by atoms with Crippen LogP contribution >= 0.6 is 0 Å².